The number of nitrogens with one attached hydrogen (secondary N) is 2. The van der Waals surface area contributed by atoms with Crippen LogP contribution in [0.2, 0.25) is 0 Å². The van der Waals surface area contributed by atoms with Gasteiger partial charge in [0.15, 0.2) is 5.82 Å². The summed E-state index contributed by atoms with van der Waals surface area (Å²) in [6.07, 6.45) is 0. The van der Waals surface area contributed by atoms with Crippen LogP contribution in [0.3, 0.4) is 0 Å². The van der Waals surface area contributed by atoms with Crippen molar-refractivity contribution in [1.29, 1.82) is 0 Å². The van der Waals surface area contributed by atoms with Gasteiger partial charge in [0.1, 0.15) is 5.82 Å². The lowest BCUT2D eigenvalue weighted by Gasteiger charge is -2.20. The molecule has 1 atom stereocenters. The average molecular weight is 289 g/mol. The highest BCUT2D eigenvalue weighted by Gasteiger charge is 2.20. The quantitative estimate of drug-likeness (QED) is 0.651. The van der Waals surface area contributed by atoms with E-state index in [-0.39, 0.29) is 22.6 Å². The molecule has 0 amide bonds. The van der Waals surface area contributed by atoms with E-state index < -0.39 is 0 Å². The molecular weight excluding hydrogens is 270 g/mol. The number of hydrogen-bond acceptors (Lipinski definition) is 5. The standard InChI is InChI=1S/C14H19N5O2/c1-8(2)13(14-15-10(4)17-18-14)16-11-5-6-12(19(20)21)9(3)7-11/h5-8,13,16H,1-4H3,(H,15,17,18). The van der Waals surface area contributed by atoms with Crippen molar-refractivity contribution in [1.82, 2.24) is 15.2 Å². The number of nitro benzene ring substituents is 1. The van der Waals surface area contributed by atoms with Crippen molar-refractivity contribution < 1.29 is 4.92 Å². The second kappa shape index (κ2) is 5.90. The van der Waals surface area contributed by atoms with E-state index in [1.165, 1.54) is 6.07 Å². The summed E-state index contributed by atoms with van der Waals surface area (Å²) in [6, 6.07) is 4.93. The summed E-state index contributed by atoms with van der Waals surface area (Å²) in [5.74, 6) is 1.73. The van der Waals surface area contributed by atoms with Crippen LogP contribution in [0.5, 0.6) is 0 Å². The van der Waals surface area contributed by atoms with E-state index in [0.29, 0.717) is 11.4 Å². The highest BCUT2D eigenvalue weighted by molar-refractivity contribution is 5.54. The van der Waals surface area contributed by atoms with Crippen molar-refractivity contribution in [3.8, 4) is 0 Å². The summed E-state index contributed by atoms with van der Waals surface area (Å²) in [7, 11) is 0. The molecule has 21 heavy (non-hydrogen) atoms. The Morgan fingerprint density at radius 1 is 1.33 bits per heavy atom. The minimum atomic E-state index is -0.377. The molecule has 1 unspecified atom stereocenters. The molecule has 0 saturated heterocycles. The van der Waals surface area contributed by atoms with Gasteiger partial charge >= 0.3 is 0 Å². The summed E-state index contributed by atoms with van der Waals surface area (Å²) in [6.45, 7) is 7.72. The molecule has 1 heterocycles. The highest BCUT2D eigenvalue weighted by Crippen LogP contribution is 2.27. The molecule has 0 radical (unpaired) electrons. The molecule has 1 aromatic carbocycles. The number of rotatable bonds is 5. The van der Waals surface area contributed by atoms with E-state index in [0.717, 1.165) is 11.5 Å². The Labute approximate surface area is 122 Å². The smallest absolute Gasteiger partial charge is 0.272 e. The molecule has 7 heteroatoms. The molecule has 0 saturated carbocycles. The van der Waals surface area contributed by atoms with Gasteiger partial charge in [0.05, 0.1) is 11.0 Å². The first kappa shape index (κ1) is 15.0. The van der Waals surface area contributed by atoms with Gasteiger partial charge in [-0.3, -0.25) is 15.2 Å². The number of nitrogens with zero attached hydrogens (tertiary/aromatic N) is 3. The third-order valence-electron chi connectivity index (χ3n) is 3.28. The van der Waals surface area contributed by atoms with Crippen LogP contribution in [0, 0.1) is 29.9 Å². The maximum Gasteiger partial charge on any atom is 0.272 e. The Kier molecular flexibility index (Phi) is 4.21. The van der Waals surface area contributed by atoms with Gasteiger partial charge < -0.3 is 5.32 Å². The molecule has 2 aromatic rings. The molecule has 0 aliphatic heterocycles. The van der Waals surface area contributed by atoms with Crippen LogP contribution >= 0.6 is 0 Å². The number of aryl methyl sites for hydroxylation is 2. The fraction of sp³-hybridized carbons (Fsp3) is 0.429. The van der Waals surface area contributed by atoms with Gasteiger partial charge in [-0.1, -0.05) is 13.8 Å². The van der Waals surface area contributed by atoms with Crippen molar-refractivity contribution >= 4 is 11.4 Å². The first-order valence-electron chi connectivity index (χ1n) is 6.79. The van der Waals surface area contributed by atoms with Crippen LogP contribution in [0.1, 0.15) is 37.1 Å². The zero-order valence-corrected chi connectivity index (χ0v) is 12.5. The lowest BCUT2D eigenvalue weighted by Crippen LogP contribution is -2.18. The summed E-state index contributed by atoms with van der Waals surface area (Å²) >= 11 is 0. The van der Waals surface area contributed by atoms with Gasteiger partial charge in [-0.05, 0) is 31.9 Å². The van der Waals surface area contributed by atoms with E-state index in [1.54, 1.807) is 19.1 Å². The minimum Gasteiger partial charge on any atom is -0.375 e. The fourth-order valence-electron chi connectivity index (χ4n) is 2.16. The molecule has 2 rings (SSSR count). The number of aromatic nitrogens is 3. The number of nitro groups is 1. The summed E-state index contributed by atoms with van der Waals surface area (Å²) in [5.41, 5.74) is 1.56. The first-order chi connectivity index (χ1) is 9.88. The molecule has 7 nitrogen and oxygen atoms in total. The van der Waals surface area contributed by atoms with Crippen LogP contribution in [0.25, 0.3) is 0 Å². The van der Waals surface area contributed by atoms with Crippen molar-refractivity contribution in [2.45, 2.75) is 33.7 Å². The molecule has 0 aliphatic rings. The second-order valence-electron chi connectivity index (χ2n) is 5.40. The number of benzene rings is 1. The van der Waals surface area contributed by atoms with Crippen LogP contribution in [-0.2, 0) is 0 Å². The first-order valence-corrected chi connectivity index (χ1v) is 6.79. The van der Waals surface area contributed by atoms with Crippen molar-refractivity contribution in [2.24, 2.45) is 5.92 Å². The van der Waals surface area contributed by atoms with Gasteiger partial charge in [-0.2, -0.15) is 5.10 Å². The van der Waals surface area contributed by atoms with E-state index in [9.17, 15) is 10.1 Å². The van der Waals surface area contributed by atoms with E-state index in [2.05, 4.69) is 34.3 Å². The summed E-state index contributed by atoms with van der Waals surface area (Å²) in [5, 5.41) is 21.2. The number of hydrogen-bond donors (Lipinski definition) is 2. The maximum absolute atomic E-state index is 10.8. The van der Waals surface area contributed by atoms with Crippen LogP contribution in [-0.4, -0.2) is 20.1 Å². The van der Waals surface area contributed by atoms with Gasteiger partial charge in [0.25, 0.3) is 5.69 Å². The topological polar surface area (TPSA) is 96.7 Å². The lowest BCUT2D eigenvalue weighted by atomic mass is 10.0. The van der Waals surface area contributed by atoms with Gasteiger partial charge in [-0.15, -0.1) is 0 Å². The SMILES string of the molecule is Cc1nc(C(Nc2ccc([N+](=O)[O-])c(C)c2)C(C)C)n[nH]1. The minimum absolute atomic E-state index is 0.0594. The van der Waals surface area contributed by atoms with Gasteiger partial charge in [0.2, 0.25) is 0 Å². The van der Waals surface area contributed by atoms with Crippen molar-refractivity contribution in [2.75, 3.05) is 5.32 Å². The molecule has 0 aliphatic carbocycles. The fourth-order valence-corrected chi connectivity index (χ4v) is 2.16. The summed E-state index contributed by atoms with van der Waals surface area (Å²) < 4.78 is 0. The van der Waals surface area contributed by atoms with Crippen molar-refractivity contribution in [3.05, 3.63) is 45.5 Å². The largest absolute Gasteiger partial charge is 0.375 e. The molecule has 2 N–H and O–H groups in total. The van der Waals surface area contributed by atoms with E-state index >= 15 is 0 Å². The molecular formula is C14H19N5O2. The molecule has 0 bridgehead atoms. The van der Waals surface area contributed by atoms with Crippen LogP contribution in [0.4, 0.5) is 11.4 Å². The average Bonchev–Trinajstić information content (AvgIpc) is 2.81. The number of H-pyrrole nitrogens is 1. The van der Waals surface area contributed by atoms with Crippen LogP contribution < -0.4 is 5.32 Å². The monoisotopic (exact) mass is 289 g/mol. The Hall–Kier alpha value is -2.44. The Bertz CT molecular complexity index is 651. The second-order valence-corrected chi connectivity index (χ2v) is 5.40. The van der Waals surface area contributed by atoms with E-state index in [4.69, 9.17) is 0 Å². The normalized spacial score (nSPS) is 12.4. The zero-order valence-electron chi connectivity index (χ0n) is 12.5. The highest BCUT2D eigenvalue weighted by atomic mass is 16.6. The summed E-state index contributed by atoms with van der Waals surface area (Å²) in [4.78, 5) is 14.8. The number of anilines is 1. The van der Waals surface area contributed by atoms with Gasteiger partial charge in [0, 0.05) is 17.3 Å². The predicted molar refractivity (Wildman–Crippen MR) is 80.2 cm³/mol. The maximum atomic E-state index is 10.8. The molecule has 112 valence electrons. The molecule has 0 fully saturated rings. The third kappa shape index (κ3) is 3.36. The lowest BCUT2D eigenvalue weighted by molar-refractivity contribution is -0.385. The Morgan fingerprint density at radius 3 is 2.52 bits per heavy atom. The Morgan fingerprint density at radius 2 is 2.05 bits per heavy atom. The van der Waals surface area contributed by atoms with E-state index in [1.807, 2.05) is 6.92 Å². The molecule has 0 spiro atoms. The number of aromatic amines is 1. The molecule has 1 aromatic heterocycles. The van der Waals surface area contributed by atoms with Crippen LogP contribution in [0.15, 0.2) is 18.2 Å². The zero-order chi connectivity index (χ0) is 15.6. The van der Waals surface area contributed by atoms with Crippen molar-refractivity contribution in [3.63, 3.8) is 0 Å². The van der Waals surface area contributed by atoms with Gasteiger partial charge in [-0.25, -0.2) is 4.98 Å². The third-order valence-corrected chi connectivity index (χ3v) is 3.28. The Balaban J connectivity index is 2.25. The predicted octanol–water partition coefficient (Wildman–Crippen LogP) is 3.14.